The quantitative estimate of drug-likeness (QED) is 0.793. The van der Waals surface area contributed by atoms with E-state index in [4.69, 9.17) is 10.5 Å². The first kappa shape index (κ1) is 16.9. The van der Waals surface area contributed by atoms with Gasteiger partial charge in [-0.1, -0.05) is 44.2 Å². The largest absolute Gasteiger partial charge is 0.495 e. The molecule has 0 aliphatic heterocycles. The van der Waals surface area contributed by atoms with Crippen molar-refractivity contribution in [2.75, 3.05) is 18.2 Å². The van der Waals surface area contributed by atoms with E-state index in [-0.39, 0.29) is 5.91 Å². The van der Waals surface area contributed by atoms with Crippen LogP contribution in [-0.4, -0.2) is 13.0 Å². The minimum absolute atomic E-state index is 0.0155. The summed E-state index contributed by atoms with van der Waals surface area (Å²) < 4.78 is 5.15. The summed E-state index contributed by atoms with van der Waals surface area (Å²) in [5.41, 5.74) is 7.58. The number of anilines is 2. The van der Waals surface area contributed by atoms with Crippen molar-refractivity contribution in [3.05, 3.63) is 54.1 Å². The van der Waals surface area contributed by atoms with Crippen molar-refractivity contribution >= 4 is 17.3 Å². The predicted molar refractivity (Wildman–Crippen MR) is 94.7 cm³/mol. The zero-order chi connectivity index (χ0) is 16.9. The van der Waals surface area contributed by atoms with Crippen LogP contribution >= 0.6 is 0 Å². The van der Waals surface area contributed by atoms with Crippen molar-refractivity contribution in [3.8, 4) is 5.75 Å². The average Bonchev–Trinajstić information content (AvgIpc) is 2.58. The van der Waals surface area contributed by atoms with E-state index < -0.39 is 5.41 Å². The van der Waals surface area contributed by atoms with Gasteiger partial charge >= 0.3 is 0 Å². The van der Waals surface area contributed by atoms with E-state index in [1.54, 1.807) is 25.3 Å². The summed E-state index contributed by atoms with van der Waals surface area (Å²) in [4.78, 5) is 13.0. The molecule has 0 unspecified atom stereocenters. The summed E-state index contributed by atoms with van der Waals surface area (Å²) in [6.45, 7) is 4.08. The van der Waals surface area contributed by atoms with E-state index in [0.717, 1.165) is 18.4 Å². The van der Waals surface area contributed by atoms with E-state index >= 15 is 0 Å². The molecule has 0 saturated heterocycles. The molecule has 0 saturated carbocycles. The maximum absolute atomic E-state index is 13.0. The van der Waals surface area contributed by atoms with Gasteiger partial charge in [0.1, 0.15) is 5.75 Å². The number of carbonyl (C=O) groups is 1. The molecule has 23 heavy (non-hydrogen) atoms. The van der Waals surface area contributed by atoms with Gasteiger partial charge in [-0.05, 0) is 36.6 Å². The van der Waals surface area contributed by atoms with Crippen LogP contribution in [0.15, 0.2) is 48.5 Å². The third kappa shape index (κ3) is 3.31. The second-order valence-corrected chi connectivity index (χ2v) is 5.57. The molecule has 0 fully saturated rings. The first-order valence-corrected chi connectivity index (χ1v) is 7.88. The third-order valence-corrected chi connectivity index (χ3v) is 4.46. The predicted octanol–water partition coefficient (Wildman–Crippen LogP) is 3.97. The number of rotatable bonds is 6. The first-order valence-electron chi connectivity index (χ1n) is 7.88. The smallest absolute Gasteiger partial charge is 0.235 e. The third-order valence-electron chi connectivity index (χ3n) is 4.46. The number of methoxy groups -OCH3 is 1. The Morgan fingerprint density at radius 3 is 2.30 bits per heavy atom. The molecule has 4 nitrogen and oxygen atoms in total. The number of hydrogen-bond donors (Lipinski definition) is 2. The molecule has 0 spiro atoms. The average molecular weight is 312 g/mol. The highest BCUT2D eigenvalue weighted by Crippen LogP contribution is 2.34. The van der Waals surface area contributed by atoms with Crippen LogP contribution in [0, 0.1) is 0 Å². The highest BCUT2D eigenvalue weighted by Gasteiger charge is 2.36. The Balaban J connectivity index is 2.31. The van der Waals surface area contributed by atoms with Crippen molar-refractivity contribution in [2.24, 2.45) is 0 Å². The summed E-state index contributed by atoms with van der Waals surface area (Å²) >= 11 is 0. The SMILES string of the molecule is CCC(CC)(C(=O)Nc1ccc(OC)c(N)c1)c1ccccc1. The Hall–Kier alpha value is -2.49. The number of hydrogen-bond acceptors (Lipinski definition) is 3. The molecular formula is C19H24N2O2. The molecule has 0 aliphatic carbocycles. The lowest BCUT2D eigenvalue weighted by Gasteiger charge is -2.31. The molecule has 4 heteroatoms. The molecule has 3 N–H and O–H groups in total. The Morgan fingerprint density at radius 2 is 1.78 bits per heavy atom. The highest BCUT2D eigenvalue weighted by atomic mass is 16.5. The lowest BCUT2D eigenvalue weighted by molar-refractivity contribution is -0.121. The van der Waals surface area contributed by atoms with Gasteiger partial charge < -0.3 is 15.8 Å². The standard InChI is InChI=1S/C19H24N2O2/c1-4-19(5-2,14-9-7-6-8-10-14)18(22)21-15-11-12-17(23-3)16(20)13-15/h6-13H,4-5,20H2,1-3H3,(H,21,22). The minimum Gasteiger partial charge on any atom is -0.495 e. The number of benzene rings is 2. The maximum Gasteiger partial charge on any atom is 0.235 e. The van der Waals surface area contributed by atoms with Crippen LogP contribution in [0.4, 0.5) is 11.4 Å². The Bertz CT molecular complexity index is 664. The van der Waals surface area contributed by atoms with Crippen molar-refractivity contribution in [2.45, 2.75) is 32.1 Å². The van der Waals surface area contributed by atoms with Gasteiger partial charge in [0.2, 0.25) is 5.91 Å². The normalized spacial score (nSPS) is 11.1. The number of amides is 1. The molecule has 1 amide bonds. The van der Waals surface area contributed by atoms with Gasteiger partial charge in [0.15, 0.2) is 0 Å². The van der Waals surface area contributed by atoms with Gasteiger partial charge in [0.05, 0.1) is 18.2 Å². The fraction of sp³-hybridized carbons (Fsp3) is 0.316. The zero-order valence-electron chi connectivity index (χ0n) is 13.9. The van der Waals surface area contributed by atoms with Gasteiger partial charge in [-0.25, -0.2) is 0 Å². The molecule has 0 atom stereocenters. The van der Waals surface area contributed by atoms with Crippen molar-refractivity contribution in [1.82, 2.24) is 0 Å². The summed E-state index contributed by atoms with van der Waals surface area (Å²) in [6, 6.07) is 15.2. The summed E-state index contributed by atoms with van der Waals surface area (Å²) in [7, 11) is 1.57. The number of carbonyl (C=O) groups excluding carboxylic acids is 1. The van der Waals surface area contributed by atoms with Crippen LogP contribution in [-0.2, 0) is 10.2 Å². The second-order valence-electron chi connectivity index (χ2n) is 5.57. The van der Waals surface area contributed by atoms with Crippen LogP contribution in [0.1, 0.15) is 32.3 Å². The van der Waals surface area contributed by atoms with E-state index in [1.165, 1.54) is 0 Å². The molecule has 122 valence electrons. The van der Waals surface area contributed by atoms with E-state index in [0.29, 0.717) is 17.1 Å². The fourth-order valence-electron chi connectivity index (χ4n) is 2.93. The van der Waals surface area contributed by atoms with Crippen LogP contribution in [0.5, 0.6) is 5.75 Å². The molecule has 0 radical (unpaired) electrons. The van der Waals surface area contributed by atoms with Gasteiger partial charge in [0.25, 0.3) is 0 Å². The van der Waals surface area contributed by atoms with Gasteiger partial charge in [0, 0.05) is 5.69 Å². The number of nitrogen functional groups attached to an aromatic ring is 1. The lowest BCUT2D eigenvalue weighted by Crippen LogP contribution is -2.39. The number of ether oxygens (including phenoxy) is 1. The van der Waals surface area contributed by atoms with Crippen molar-refractivity contribution in [3.63, 3.8) is 0 Å². The summed E-state index contributed by atoms with van der Waals surface area (Å²) in [5.74, 6) is 0.585. The number of nitrogens with two attached hydrogens (primary N) is 1. The van der Waals surface area contributed by atoms with E-state index in [9.17, 15) is 4.79 Å². The lowest BCUT2D eigenvalue weighted by atomic mass is 9.75. The molecule has 0 bridgehead atoms. The fourth-order valence-corrected chi connectivity index (χ4v) is 2.93. The number of nitrogens with one attached hydrogen (secondary N) is 1. The van der Waals surface area contributed by atoms with E-state index in [2.05, 4.69) is 5.32 Å². The van der Waals surface area contributed by atoms with Gasteiger partial charge in [-0.2, -0.15) is 0 Å². The van der Waals surface area contributed by atoms with E-state index in [1.807, 2.05) is 44.2 Å². The van der Waals surface area contributed by atoms with Crippen LogP contribution in [0.25, 0.3) is 0 Å². The second kappa shape index (κ2) is 7.18. The minimum atomic E-state index is -0.546. The highest BCUT2D eigenvalue weighted by molar-refractivity contribution is 5.99. The van der Waals surface area contributed by atoms with Crippen molar-refractivity contribution < 1.29 is 9.53 Å². The van der Waals surface area contributed by atoms with Gasteiger partial charge in [-0.3, -0.25) is 4.79 Å². The maximum atomic E-state index is 13.0. The molecule has 2 rings (SSSR count). The van der Waals surface area contributed by atoms with Crippen LogP contribution < -0.4 is 15.8 Å². The molecule has 2 aromatic carbocycles. The molecule has 0 heterocycles. The molecular weight excluding hydrogens is 288 g/mol. The topological polar surface area (TPSA) is 64.3 Å². The van der Waals surface area contributed by atoms with Crippen LogP contribution in [0.3, 0.4) is 0 Å². The Labute approximate surface area is 137 Å². The Morgan fingerprint density at radius 1 is 1.13 bits per heavy atom. The molecule has 2 aromatic rings. The summed E-state index contributed by atoms with van der Waals surface area (Å²) in [6.07, 6.45) is 1.45. The summed E-state index contributed by atoms with van der Waals surface area (Å²) in [5, 5.41) is 3.00. The van der Waals surface area contributed by atoms with Crippen molar-refractivity contribution in [1.29, 1.82) is 0 Å². The zero-order valence-corrected chi connectivity index (χ0v) is 13.9. The van der Waals surface area contributed by atoms with Gasteiger partial charge in [-0.15, -0.1) is 0 Å². The molecule has 0 aliphatic rings. The molecule has 0 aromatic heterocycles. The monoisotopic (exact) mass is 312 g/mol. The van der Waals surface area contributed by atoms with Crippen LogP contribution in [0.2, 0.25) is 0 Å². The Kier molecular flexibility index (Phi) is 5.27. The first-order chi connectivity index (χ1) is 11.1.